The fourth-order valence-electron chi connectivity index (χ4n) is 2.46. The molecule has 0 radical (unpaired) electrons. The van der Waals surface area contributed by atoms with Crippen molar-refractivity contribution >= 4 is 16.7 Å². The van der Waals surface area contributed by atoms with Crippen LogP contribution in [-0.4, -0.2) is 17.6 Å². The Hall–Kier alpha value is -2.03. The third-order valence-corrected chi connectivity index (χ3v) is 3.71. The van der Waals surface area contributed by atoms with Crippen molar-refractivity contribution in [3.8, 4) is 5.75 Å². The molecule has 0 aliphatic carbocycles. The van der Waals surface area contributed by atoms with Crippen LogP contribution in [0.3, 0.4) is 0 Å². The highest BCUT2D eigenvalue weighted by Gasteiger charge is 2.12. The van der Waals surface area contributed by atoms with Crippen molar-refractivity contribution in [2.24, 2.45) is 0 Å². The molecule has 3 heteroatoms. The van der Waals surface area contributed by atoms with Crippen LogP contribution < -0.4 is 5.32 Å². The third-order valence-electron chi connectivity index (χ3n) is 3.71. The molecule has 0 unspecified atom stereocenters. The molecule has 0 aromatic heterocycles. The minimum absolute atomic E-state index is 0.0663. The van der Waals surface area contributed by atoms with Gasteiger partial charge in [-0.05, 0) is 17.9 Å². The fourth-order valence-corrected chi connectivity index (χ4v) is 2.46. The number of aromatic hydroxyl groups is 1. The molecule has 21 heavy (non-hydrogen) atoms. The van der Waals surface area contributed by atoms with E-state index in [1.165, 1.54) is 19.3 Å². The zero-order chi connectivity index (χ0) is 15.1. The SMILES string of the molecule is CCCCCCCNC(=O)c1ccc2ccccc2c1O. The summed E-state index contributed by atoms with van der Waals surface area (Å²) in [6, 6.07) is 11.1. The molecule has 2 N–H and O–H groups in total. The first kappa shape index (κ1) is 15.4. The molecule has 0 heterocycles. The van der Waals surface area contributed by atoms with Gasteiger partial charge in [0.25, 0.3) is 5.91 Å². The van der Waals surface area contributed by atoms with E-state index in [0.29, 0.717) is 17.5 Å². The van der Waals surface area contributed by atoms with Gasteiger partial charge in [0, 0.05) is 11.9 Å². The Bertz CT molecular complexity index is 607. The monoisotopic (exact) mass is 285 g/mol. The number of benzene rings is 2. The molecule has 1 amide bonds. The van der Waals surface area contributed by atoms with E-state index in [4.69, 9.17) is 0 Å². The molecular formula is C18H23NO2. The van der Waals surface area contributed by atoms with Crippen LogP contribution in [0.25, 0.3) is 10.8 Å². The Morgan fingerprint density at radius 3 is 2.62 bits per heavy atom. The summed E-state index contributed by atoms with van der Waals surface area (Å²) < 4.78 is 0. The smallest absolute Gasteiger partial charge is 0.255 e. The lowest BCUT2D eigenvalue weighted by molar-refractivity contribution is 0.0950. The predicted octanol–water partition coefficient (Wildman–Crippen LogP) is 4.25. The van der Waals surface area contributed by atoms with Crippen LogP contribution in [0.4, 0.5) is 0 Å². The van der Waals surface area contributed by atoms with Crippen molar-refractivity contribution in [3.05, 3.63) is 42.0 Å². The molecule has 112 valence electrons. The van der Waals surface area contributed by atoms with E-state index in [1.807, 2.05) is 30.3 Å². The second-order valence-electron chi connectivity index (χ2n) is 5.35. The highest BCUT2D eigenvalue weighted by Crippen LogP contribution is 2.28. The normalized spacial score (nSPS) is 10.7. The number of rotatable bonds is 7. The van der Waals surface area contributed by atoms with Gasteiger partial charge in [0.05, 0.1) is 5.56 Å². The Kier molecular flexibility index (Phi) is 5.61. The topological polar surface area (TPSA) is 49.3 Å². The minimum Gasteiger partial charge on any atom is -0.506 e. The van der Waals surface area contributed by atoms with E-state index in [2.05, 4.69) is 12.2 Å². The quantitative estimate of drug-likeness (QED) is 0.747. The number of unbranched alkanes of at least 4 members (excludes halogenated alkanes) is 4. The summed E-state index contributed by atoms with van der Waals surface area (Å²) in [6.07, 6.45) is 5.81. The summed E-state index contributed by atoms with van der Waals surface area (Å²) in [6.45, 7) is 2.85. The second-order valence-corrected chi connectivity index (χ2v) is 5.35. The molecular weight excluding hydrogens is 262 g/mol. The van der Waals surface area contributed by atoms with Gasteiger partial charge >= 0.3 is 0 Å². The number of carbonyl (C=O) groups is 1. The first-order valence-corrected chi connectivity index (χ1v) is 7.73. The van der Waals surface area contributed by atoms with Crippen LogP contribution in [0.2, 0.25) is 0 Å². The van der Waals surface area contributed by atoms with Crippen molar-refractivity contribution in [2.75, 3.05) is 6.54 Å². The van der Waals surface area contributed by atoms with Crippen molar-refractivity contribution in [1.29, 1.82) is 0 Å². The maximum atomic E-state index is 12.1. The van der Waals surface area contributed by atoms with Gasteiger partial charge < -0.3 is 10.4 Å². The number of hydrogen-bond acceptors (Lipinski definition) is 2. The summed E-state index contributed by atoms with van der Waals surface area (Å²) in [5, 5.41) is 14.8. The van der Waals surface area contributed by atoms with Crippen LogP contribution in [0.1, 0.15) is 49.4 Å². The zero-order valence-electron chi connectivity index (χ0n) is 12.6. The van der Waals surface area contributed by atoms with E-state index in [-0.39, 0.29) is 11.7 Å². The van der Waals surface area contributed by atoms with Crippen molar-refractivity contribution in [1.82, 2.24) is 5.32 Å². The second kappa shape index (κ2) is 7.67. The lowest BCUT2D eigenvalue weighted by atomic mass is 10.0. The van der Waals surface area contributed by atoms with Crippen LogP contribution in [0.5, 0.6) is 5.75 Å². The number of amides is 1. The lowest BCUT2D eigenvalue weighted by Gasteiger charge is -2.09. The average Bonchev–Trinajstić information content (AvgIpc) is 2.51. The first-order valence-electron chi connectivity index (χ1n) is 7.73. The number of carbonyl (C=O) groups excluding carboxylic acids is 1. The van der Waals surface area contributed by atoms with E-state index in [1.54, 1.807) is 6.07 Å². The maximum absolute atomic E-state index is 12.1. The standard InChI is InChI=1S/C18H23NO2/c1-2-3-4-5-8-13-19-18(21)16-12-11-14-9-6-7-10-15(14)17(16)20/h6-7,9-12,20H,2-5,8,13H2,1H3,(H,19,21). The van der Waals surface area contributed by atoms with Crippen molar-refractivity contribution < 1.29 is 9.90 Å². The molecule has 0 atom stereocenters. The largest absolute Gasteiger partial charge is 0.506 e. The molecule has 0 aliphatic heterocycles. The number of phenols is 1. The van der Waals surface area contributed by atoms with Gasteiger partial charge in [-0.2, -0.15) is 0 Å². The van der Waals surface area contributed by atoms with E-state index in [0.717, 1.165) is 18.2 Å². The van der Waals surface area contributed by atoms with E-state index >= 15 is 0 Å². The Morgan fingerprint density at radius 2 is 1.81 bits per heavy atom. The molecule has 0 aliphatic rings. The molecule has 3 nitrogen and oxygen atoms in total. The molecule has 0 bridgehead atoms. The number of phenolic OH excluding ortho intramolecular Hbond substituents is 1. The summed E-state index contributed by atoms with van der Waals surface area (Å²) >= 11 is 0. The number of fused-ring (bicyclic) bond motifs is 1. The maximum Gasteiger partial charge on any atom is 0.255 e. The minimum atomic E-state index is -0.200. The molecule has 2 aromatic carbocycles. The Labute approximate surface area is 126 Å². The van der Waals surface area contributed by atoms with Crippen molar-refractivity contribution in [3.63, 3.8) is 0 Å². The summed E-state index contributed by atoms with van der Waals surface area (Å²) in [5.41, 5.74) is 0.349. The van der Waals surface area contributed by atoms with Gasteiger partial charge in [0.2, 0.25) is 0 Å². The van der Waals surface area contributed by atoms with Crippen LogP contribution >= 0.6 is 0 Å². The molecule has 0 saturated carbocycles. The van der Waals surface area contributed by atoms with Gasteiger partial charge in [-0.25, -0.2) is 0 Å². The Morgan fingerprint density at radius 1 is 1.05 bits per heavy atom. The molecule has 2 aromatic rings. The fraction of sp³-hybridized carbons (Fsp3) is 0.389. The summed E-state index contributed by atoms with van der Waals surface area (Å²) in [4.78, 5) is 12.1. The number of hydrogen-bond donors (Lipinski definition) is 2. The Balaban J connectivity index is 1.95. The van der Waals surface area contributed by atoms with Crippen molar-refractivity contribution in [2.45, 2.75) is 39.0 Å². The van der Waals surface area contributed by atoms with Gasteiger partial charge in [-0.15, -0.1) is 0 Å². The van der Waals surface area contributed by atoms with E-state index < -0.39 is 0 Å². The lowest BCUT2D eigenvalue weighted by Crippen LogP contribution is -2.24. The van der Waals surface area contributed by atoms with Gasteiger partial charge in [-0.3, -0.25) is 4.79 Å². The summed E-state index contributed by atoms with van der Waals surface area (Å²) in [7, 11) is 0. The average molecular weight is 285 g/mol. The van der Waals surface area contributed by atoms with Gasteiger partial charge in [0.1, 0.15) is 5.75 Å². The van der Waals surface area contributed by atoms with Gasteiger partial charge in [-0.1, -0.05) is 62.9 Å². The van der Waals surface area contributed by atoms with E-state index in [9.17, 15) is 9.90 Å². The molecule has 0 spiro atoms. The highest BCUT2D eigenvalue weighted by molar-refractivity contribution is 6.03. The van der Waals surface area contributed by atoms with Crippen LogP contribution in [0.15, 0.2) is 36.4 Å². The summed E-state index contributed by atoms with van der Waals surface area (Å²) in [5.74, 6) is -0.134. The zero-order valence-corrected chi connectivity index (χ0v) is 12.6. The first-order chi connectivity index (χ1) is 10.2. The third kappa shape index (κ3) is 3.97. The molecule has 0 fully saturated rings. The van der Waals surface area contributed by atoms with Crippen LogP contribution in [-0.2, 0) is 0 Å². The van der Waals surface area contributed by atoms with Gasteiger partial charge in [0.15, 0.2) is 0 Å². The molecule has 2 rings (SSSR count). The predicted molar refractivity (Wildman–Crippen MR) is 86.7 cm³/mol. The van der Waals surface area contributed by atoms with Crippen LogP contribution in [0, 0.1) is 0 Å². The number of nitrogens with one attached hydrogen (secondary N) is 1. The highest BCUT2D eigenvalue weighted by atomic mass is 16.3. The molecule has 0 saturated heterocycles.